The lowest BCUT2D eigenvalue weighted by Gasteiger charge is -2.03. The zero-order chi connectivity index (χ0) is 11.0. The number of nitrogens with one attached hydrogen (secondary N) is 1. The molecular formula is C10H12ClN3O. The van der Waals surface area contributed by atoms with Gasteiger partial charge in [0, 0.05) is 12.1 Å². The summed E-state index contributed by atoms with van der Waals surface area (Å²) in [6.45, 7) is 0.544. The maximum atomic E-state index is 11.4. The van der Waals surface area contributed by atoms with Crippen molar-refractivity contribution in [3.8, 4) is 0 Å². The van der Waals surface area contributed by atoms with Gasteiger partial charge in [0.1, 0.15) is 0 Å². The molecule has 0 unspecified atom stereocenters. The molecule has 4 nitrogen and oxygen atoms in total. The highest BCUT2D eigenvalue weighted by molar-refractivity contribution is 6.32. The molecule has 1 heterocycles. The first-order valence-electron chi connectivity index (χ1n) is 4.70. The van der Waals surface area contributed by atoms with Crippen LogP contribution >= 0.6 is 11.6 Å². The lowest BCUT2D eigenvalue weighted by atomic mass is 10.1. The van der Waals surface area contributed by atoms with Gasteiger partial charge in [-0.3, -0.25) is 4.57 Å². The zero-order valence-electron chi connectivity index (χ0n) is 8.38. The Kier molecular flexibility index (Phi) is 2.54. The summed E-state index contributed by atoms with van der Waals surface area (Å²) in [6, 6.07) is 3.67. The number of benzene rings is 1. The second-order valence-electron chi connectivity index (χ2n) is 3.49. The van der Waals surface area contributed by atoms with Gasteiger partial charge in [0.25, 0.3) is 0 Å². The Balaban J connectivity index is 2.70. The summed E-state index contributed by atoms with van der Waals surface area (Å²) in [5.41, 5.74) is 7.92. The van der Waals surface area contributed by atoms with Gasteiger partial charge < -0.3 is 10.7 Å². The average Bonchev–Trinajstić information content (AvgIpc) is 2.46. The molecule has 0 radical (unpaired) electrons. The molecule has 3 N–H and O–H groups in total. The molecular weight excluding hydrogens is 214 g/mol. The normalized spacial score (nSPS) is 11.1. The Morgan fingerprint density at radius 1 is 1.53 bits per heavy atom. The van der Waals surface area contributed by atoms with Gasteiger partial charge in [0.05, 0.1) is 11.0 Å². The molecule has 0 aliphatic heterocycles. The van der Waals surface area contributed by atoms with E-state index >= 15 is 0 Å². The van der Waals surface area contributed by atoms with E-state index < -0.39 is 0 Å². The second-order valence-corrected chi connectivity index (χ2v) is 3.90. The second kappa shape index (κ2) is 3.72. The summed E-state index contributed by atoms with van der Waals surface area (Å²) in [4.78, 5) is 14.1. The quantitative estimate of drug-likeness (QED) is 0.802. The van der Waals surface area contributed by atoms with E-state index in [1.807, 2.05) is 6.07 Å². The predicted molar refractivity (Wildman–Crippen MR) is 61.3 cm³/mol. The van der Waals surface area contributed by atoms with Gasteiger partial charge in [-0.2, -0.15) is 0 Å². The Hall–Kier alpha value is -1.26. The van der Waals surface area contributed by atoms with Crippen LogP contribution in [0.25, 0.3) is 11.0 Å². The molecule has 0 aliphatic rings. The summed E-state index contributed by atoms with van der Waals surface area (Å²) in [7, 11) is 1.71. The molecule has 0 fully saturated rings. The summed E-state index contributed by atoms with van der Waals surface area (Å²) in [6.07, 6.45) is 0.714. The third-order valence-electron chi connectivity index (χ3n) is 2.49. The molecule has 0 saturated carbocycles. The van der Waals surface area contributed by atoms with Crippen LogP contribution in [0.1, 0.15) is 5.56 Å². The topological polar surface area (TPSA) is 63.8 Å². The molecule has 1 aromatic heterocycles. The number of fused-ring (bicyclic) bond motifs is 1. The van der Waals surface area contributed by atoms with E-state index in [-0.39, 0.29) is 5.69 Å². The number of nitrogens with zero attached hydrogens (tertiary/aromatic N) is 1. The van der Waals surface area contributed by atoms with Crippen molar-refractivity contribution in [2.24, 2.45) is 12.8 Å². The number of halogens is 1. The van der Waals surface area contributed by atoms with Crippen LogP contribution < -0.4 is 11.4 Å². The van der Waals surface area contributed by atoms with Crippen molar-refractivity contribution in [1.82, 2.24) is 9.55 Å². The molecule has 0 atom stereocenters. The molecule has 2 aromatic rings. The Morgan fingerprint density at radius 3 is 2.93 bits per heavy atom. The molecule has 0 bridgehead atoms. The minimum atomic E-state index is -0.133. The number of imidazole rings is 1. The van der Waals surface area contributed by atoms with E-state index in [4.69, 9.17) is 17.3 Å². The van der Waals surface area contributed by atoms with Crippen LogP contribution in [0.3, 0.4) is 0 Å². The Bertz CT molecular complexity index is 556. The molecule has 5 heteroatoms. The lowest BCUT2D eigenvalue weighted by Crippen LogP contribution is -2.11. The third kappa shape index (κ3) is 1.66. The van der Waals surface area contributed by atoms with Crippen molar-refractivity contribution in [2.75, 3.05) is 6.54 Å². The minimum absolute atomic E-state index is 0.133. The molecule has 0 saturated heterocycles. The fourth-order valence-corrected chi connectivity index (χ4v) is 1.89. The number of H-pyrrole nitrogens is 1. The van der Waals surface area contributed by atoms with Crippen LogP contribution in [0.2, 0.25) is 5.02 Å². The molecule has 2 rings (SSSR count). The first-order valence-corrected chi connectivity index (χ1v) is 5.08. The summed E-state index contributed by atoms with van der Waals surface area (Å²) >= 11 is 6.08. The van der Waals surface area contributed by atoms with Crippen LogP contribution in [0.15, 0.2) is 16.9 Å². The highest BCUT2D eigenvalue weighted by Crippen LogP contribution is 2.22. The van der Waals surface area contributed by atoms with Gasteiger partial charge >= 0.3 is 5.69 Å². The van der Waals surface area contributed by atoms with Gasteiger partial charge in [-0.1, -0.05) is 11.6 Å². The van der Waals surface area contributed by atoms with Crippen LogP contribution in [0.5, 0.6) is 0 Å². The van der Waals surface area contributed by atoms with Crippen LogP contribution in [-0.2, 0) is 13.5 Å². The standard InChI is InChI=1S/C10H12ClN3O/c1-14-9-5-7(11)6(2-3-12)4-8(9)13-10(14)15/h4-5H,2-3,12H2,1H3,(H,13,15). The summed E-state index contributed by atoms with van der Waals surface area (Å²) in [5.74, 6) is 0. The highest BCUT2D eigenvalue weighted by Gasteiger charge is 2.07. The zero-order valence-corrected chi connectivity index (χ0v) is 9.14. The first-order chi connectivity index (χ1) is 7.13. The van der Waals surface area contributed by atoms with Gasteiger partial charge in [-0.15, -0.1) is 0 Å². The summed E-state index contributed by atoms with van der Waals surface area (Å²) < 4.78 is 1.54. The van der Waals surface area contributed by atoms with Crippen molar-refractivity contribution >= 4 is 22.6 Å². The van der Waals surface area contributed by atoms with Gasteiger partial charge in [-0.25, -0.2) is 4.79 Å². The van der Waals surface area contributed by atoms with Crippen molar-refractivity contribution < 1.29 is 0 Å². The first kappa shape index (κ1) is 10.3. The van der Waals surface area contributed by atoms with E-state index in [1.54, 1.807) is 13.1 Å². The van der Waals surface area contributed by atoms with Crippen LogP contribution in [-0.4, -0.2) is 16.1 Å². The number of nitrogens with two attached hydrogens (primary N) is 1. The monoisotopic (exact) mass is 225 g/mol. The largest absolute Gasteiger partial charge is 0.330 e. The van der Waals surface area contributed by atoms with Crippen molar-refractivity contribution in [1.29, 1.82) is 0 Å². The smallest absolute Gasteiger partial charge is 0.326 e. The fraction of sp³-hybridized carbons (Fsp3) is 0.300. The number of rotatable bonds is 2. The van der Waals surface area contributed by atoms with E-state index in [1.165, 1.54) is 4.57 Å². The number of hydrogen-bond acceptors (Lipinski definition) is 2. The Morgan fingerprint density at radius 2 is 2.27 bits per heavy atom. The average molecular weight is 226 g/mol. The maximum Gasteiger partial charge on any atom is 0.326 e. The molecule has 0 spiro atoms. The van der Waals surface area contributed by atoms with Crippen molar-refractivity contribution in [3.63, 3.8) is 0 Å². The molecule has 15 heavy (non-hydrogen) atoms. The highest BCUT2D eigenvalue weighted by atomic mass is 35.5. The number of aromatic amines is 1. The SMILES string of the molecule is Cn1c(=O)[nH]c2cc(CCN)c(Cl)cc21. The minimum Gasteiger partial charge on any atom is -0.330 e. The molecule has 0 amide bonds. The van der Waals surface area contributed by atoms with Crippen molar-refractivity contribution in [2.45, 2.75) is 6.42 Å². The van der Waals surface area contributed by atoms with E-state index in [9.17, 15) is 4.79 Å². The fourth-order valence-electron chi connectivity index (χ4n) is 1.64. The van der Waals surface area contributed by atoms with Crippen molar-refractivity contribution in [3.05, 3.63) is 33.2 Å². The Labute approximate surface area is 91.7 Å². The molecule has 80 valence electrons. The van der Waals surface area contributed by atoms with Gasteiger partial charge in [-0.05, 0) is 30.7 Å². The maximum absolute atomic E-state index is 11.4. The van der Waals surface area contributed by atoms with E-state index in [0.29, 0.717) is 18.0 Å². The summed E-state index contributed by atoms with van der Waals surface area (Å²) in [5, 5.41) is 0.655. The van der Waals surface area contributed by atoms with Gasteiger partial charge in [0.2, 0.25) is 0 Å². The lowest BCUT2D eigenvalue weighted by molar-refractivity contribution is 0.891. The van der Waals surface area contributed by atoms with Crippen LogP contribution in [0.4, 0.5) is 0 Å². The van der Waals surface area contributed by atoms with E-state index in [0.717, 1.165) is 16.6 Å². The van der Waals surface area contributed by atoms with Crippen LogP contribution in [0, 0.1) is 0 Å². The van der Waals surface area contributed by atoms with Gasteiger partial charge in [0.15, 0.2) is 0 Å². The number of aryl methyl sites for hydroxylation is 1. The number of hydrogen-bond donors (Lipinski definition) is 2. The molecule has 1 aromatic carbocycles. The van der Waals surface area contributed by atoms with E-state index in [2.05, 4.69) is 4.98 Å². The third-order valence-corrected chi connectivity index (χ3v) is 2.84. The molecule has 0 aliphatic carbocycles. The number of aromatic nitrogens is 2. The predicted octanol–water partition coefficient (Wildman–Crippen LogP) is 1.02.